The largest absolute Gasteiger partial charge is 0.497 e. The van der Waals surface area contributed by atoms with E-state index in [2.05, 4.69) is 15.5 Å². The molecule has 0 atom stereocenters. The highest BCUT2D eigenvalue weighted by Crippen LogP contribution is 2.26. The van der Waals surface area contributed by atoms with Gasteiger partial charge in [0.1, 0.15) is 17.3 Å². The number of nitrogens with zero attached hydrogens (tertiary/aromatic N) is 4. The van der Waals surface area contributed by atoms with Gasteiger partial charge in [0.05, 0.1) is 19.7 Å². The van der Waals surface area contributed by atoms with Crippen LogP contribution in [0, 0.1) is 6.92 Å². The van der Waals surface area contributed by atoms with Gasteiger partial charge < -0.3 is 14.8 Å². The maximum atomic E-state index is 5.45. The van der Waals surface area contributed by atoms with Gasteiger partial charge in [0, 0.05) is 17.5 Å². The SMILES string of the molecule is COc1ccc(OC)c(CNc2nc3ccccc3c3nnc(C)n23)c1. The predicted octanol–water partition coefficient (Wildman–Crippen LogP) is 3.22. The molecule has 1 N–H and O–H groups in total. The molecular formula is C19H19N5O2. The number of nitrogens with one attached hydrogen (secondary N) is 1. The van der Waals surface area contributed by atoms with Gasteiger partial charge in [-0.25, -0.2) is 9.38 Å². The van der Waals surface area contributed by atoms with E-state index in [0.717, 1.165) is 39.4 Å². The highest BCUT2D eigenvalue weighted by molar-refractivity contribution is 5.92. The molecule has 4 aromatic rings. The molecule has 0 aliphatic carbocycles. The van der Waals surface area contributed by atoms with Gasteiger partial charge in [-0.05, 0) is 37.3 Å². The topological polar surface area (TPSA) is 73.6 Å². The number of hydrogen-bond donors (Lipinski definition) is 1. The number of fused-ring (bicyclic) bond motifs is 3. The fraction of sp³-hybridized carbons (Fsp3) is 0.211. The number of benzene rings is 2. The van der Waals surface area contributed by atoms with Crippen LogP contribution in [-0.4, -0.2) is 33.8 Å². The Labute approximate surface area is 150 Å². The number of hydrogen-bond acceptors (Lipinski definition) is 6. The van der Waals surface area contributed by atoms with Crippen LogP contribution in [-0.2, 0) is 6.54 Å². The molecule has 0 amide bonds. The smallest absolute Gasteiger partial charge is 0.211 e. The lowest BCUT2D eigenvalue weighted by atomic mass is 10.2. The van der Waals surface area contributed by atoms with Crippen LogP contribution in [0.1, 0.15) is 11.4 Å². The molecule has 0 spiro atoms. The van der Waals surface area contributed by atoms with E-state index >= 15 is 0 Å². The van der Waals surface area contributed by atoms with E-state index in [4.69, 9.17) is 14.5 Å². The van der Waals surface area contributed by atoms with Crippen molar-refractivity contribution in [1.82, 2.24) is 19.6 Å². The molecule has 0 bridgehead atoms. The highest BCUT2D eigenvalue weighted by Gasteiger charge is 2.13. The van der Waals surface area contributed by atoms with Gasteiger partial charge in [-0.2, -0.15) is 0 Å². The fourth-order valence-corrected chi connectivity index (χ4v) is 3.03. The first-order valence-electron chi connectivity index (χ1n) is 8.26. The molecule has 2 heterocycles. The van der Waals surface area contributed by atoms with Gasteiger partial charge in [-0.1, -0.05) is 12.1 Å². The van der Waals surface area contributed by atoms with Gasteiger partial charge in [-0.3, -0.25) is 0 Å². The number of ether oxygens (including phenoxy) is 2. The zero-order valence-corrected chi connectivity index (χ0v) is 14.9. The summed E-state index contributed by atoms with van der Waals surface area (Å²) in [4.78, 5) is 4.75. The van der Waals surface area contributed by atoms with E-state index in [9.17, 15) is 0 Å². The average molecular weight is 349 g/mol. The average Bonchev–Trinajstić information content (AvgIpc) is 3.08. The third kappa shape index (κ3) is 2.67. The van der Waals surface area contributed by atoms with E-state index in [1.165, 1.54) is 0 Å². The number of methoxy groups -OCH3 is 2. The summed E-state index contributed by atoms with van der Waals surface area (Å²) in [6.07, 6.45) is 0. The number of anilines is 1. The Morgan fingerprint density at radius 2 is 1.88 bits per heavy atom. The molecule has 0 aliphatic heterocycles. The van der Waals surface area contributed by atoms with Gasteiger partial charge in [0.25, 0.3) is 0 Å². The molecule has 2 aromatic heterocycles. The molecule has 7 nitrogen and oxygen atoms in total. The Kier molecular flexibility index (Phi) is 4.04. The highest BCUT2D eigenvalue weighted by atomic mass is 16.5. The first-order valence-corrected chi connectivity index (χ1v) is 8.26. The van der Waals surface area contributed by atoms with Crippen molar-refractivity contribution in [1.29, 1.82) is 0 Å². The van der Waals surface area contributed by atoms with Gasteiger partial charge >= 0.3 is 0 Å². The summed E-state index contributed by atoms with van der Waals surface area (Å²) in [6.45, 7) is 2.44. The predicted molar refractivity (Wildman–Crippen MR) is 99.9 cm³/mol. The van der Waals surface area contributed by atoms with Gasteiger partial charge in [-0.15, -0.1) is 10.2 Å². The number of rotatable bonds is 5. The quantitative estimate of drug-likeness (QED) is 0.596. The molecule has 26 heavy (non-hydrogen) atoms. The summed E-state index contributed by atoms with van der Waals surface area (Å²) in [6, 6.07) is 13.6. The molecule has 0 saturated carbocycles. The lowest BCUT2D eigenvalue weighted by Crippen LogP contribution is -2.09. The van der Waals surface area contributed by atoms with Crippen LogP contribution in [0.3, 0.4) is 0 Å². The summed E-state index contributed by atoms with van der Waals surface area (Å²) < 4.78 is 12.7. The summed E-state index contributed by atoms with van der Waals surface area (Å²) in [7, 11) is 3.30. The first kappa shape index (κ1) is 16.1. The van der Waals surface area contributed by atoms with Gasteiger partial charge in [0.2, 0.25) is 5.95 Å². The van der Waals surface area contributed by atoms with Crippen molar-refractivity contribution >= 4 is 22.5 Å². The second-order valence-electron chi connectivity index (χ2n) is 5.89. The van der Waals surface area contributed by atoms with Crippen LogP contribution < -0.4 is 14.8 Å². The van der Waals surface area contributed by atoms with Crippen molar-refractivity contribution in [3.05, 3.63) is 53.9 Å². The molecule has 2 aromatic carbocycles. The minimum atomic E-state index is 0.526. The standard InChI is InChI=1S/C19H19N5O2/c1-12-22-23-18-15-6-4-5-7-16(15)21-19(24(12)18)20-11-13-10-14(25-2)8-9-17(13)26-3/h4-10H,11H2,1-3H3,(H,20,21). The summed E-state index contributed by atoms with van der Waals surface area (Å²) in [5.41, 5.74) is 2.63. The Hall–Kier alpha value is -3.35. The Balaban J connectivity index is 1.76. The molecule has 0 saturated heterocycles. The van der Waals surface area contributed by atoms with E-state index in [-0.39, 0.29) is 0 Å². The van der Waals surface area contributed by atoms with Crippen LogP contribution in [0.4, 0.5) is 5.95 Å². The lowest BCUT2D eigenvalue weighted by molar-refractivity contribution is 0.399. The molecule has 0 aliphatic rings. The molecule has 4 rings (SSSR count). The summed E-state index contributed by atoms with van der Waals surface area (Å²) in [5.74, 6) is 3.03. The van der Waals surface area contributed by atoms with Crippen molar-refractivity contribution < 1.29 is 9.47 Å². The second-order valence-corrected chi connectivity index (χ2v) is 5.89. The van der Waals surface area contributed by atoms with Gasteiger partial charge in [0.15, 0.2) is 5.65 Å². The number of aryl methyl sites for hydroxylation is 1. The molecule has 0 radical (unpaired) electrons. The second kappa shape index (κ2) is 6.51. The maximum Gasteiger partial charge on any atom is 0.211 e. The fourth-order valence-electron chi connectivity index (χ4n) is 3.03. The van der Waals surface area contributed by atoms with Crippen molar-refractivity contribution in [2.75, 3.05) is 19.5 Å². The lowest BCUT2D eigenvalue weighted by Gasteiger charge is -2.13. The summed E-state index contributed by atoms with van der Waals surface area (Å²) >= 11 is 0. The monoisotopic (exact) mass is 349 g/mol. The van der Waals surface area contributed by atoms with E-state index in [1.54, 1.807) is 14.2 Å². The Morgan fingerprint density at radius 3 is 2.69 bits per heavy atom. The van der Waals surface area contributed by atoms with Crippen molar-refractivity contribution in [3.8, 4) is 11.5 Å². The molecule has 0 unspecified atom stereocenters. The summed E-state index contributed by atoms with van der Waals surface area (Å²) in [5, 5.41) is 12.9. The van der Waals surface area contributed by atoms with E-state index in [0.29, 0.717) is 12.5 Å². The maximum absolute atomic E-state index is 5.45. The number of aromatic nitrogens is 4. The molecule has 7 heteroatoms. The minimum absolute atomic E-state index is 0.526. The Bertz CT molecular complexity index is 1090. The van der Waals surface area contributed by atoms with Crippen molar-refractivity contribution in [2.24, 2.45) is 0 Å². The zero-order valence-electron chi connectivity index (χ0n) is 14.9. The van der Waals surface area contributed by atoms with Crippen LogP contribution in [0.5, 0.6) is 11.5 Å². The zero-order chi connectivity index (χ0) is 18.1. The Morgan fingerprint density at radius 1 is 1.04 bits per heavy atom. The van der Waals surface area contributed by atoms with Crippen LogP contribution in [0.25, 0.3) is 16.6 Å². The molecule has 132 valence electrons. The van der Waals surface area contributed by atoms with E-state index in [1.807, 2.05) is 53.8 Å². The van der Waals surface area contributed by atoms with Crippen molar-refractivity contribution in [2.45, 2.75) is 13.5 Å². The molecular weight excluding hydrogens is 330 g/mol. The van der Waals surface area contributed by atoms with Crippen molar-refractivity contribution in [3.63, 3.8) is 0 Å². The first-order chi connectivity index (χ1) is 12.7. The minimum Gasteiger partial charge on any atom is -0.497 e. The third-order valence-electron chi connectivity index (χ3n) is 4.33. The normalized spacial score (nSPS) is 11.0. The number of para-hydroxylation sites is 1. The molecule has 0 fully saturated rings. The van der Waals surface area contributed by atoms with Crippen LogP contribution >= 0.6 is 0 Å². The van der Waals surface area contributed by atoms with Crippen LogP contribution in [0.2, 0.25) is 0 Å². The van der Waals surface area contributed by atoms with E-state index < -0.39 is 0 Å². The third-order valence-corrected chi connectivity index (χ3v) is 4.33. The van der Waals surface area contributed by atoms with Crippen LogP contribution in [0.15, 0.2) is 42.5 Å².